The van der Waals surface area contributed by atoms with Gasteiger partial charge in [0.1, 0.15) is 0 Å². The first-order valence-electron chi connectivity index (χ1n) is 7.61. The van der Waals surface area contributed by atoms with Gasteiger partial charge in [-0.2, -0.15) is 0 Å². The van der Waals surface area contributed by atoms with Crippen LogP contribution in [0.2, 0.25) is 0 Å². The molecule has 2 nitrogen and oxygen atoms in total. The van der Waals surface area contributed by atoms with E-state index in [-0.39, 0.29) is 6.10 Å². The molecule has 1 rings (SSSR count). The average molecular weight is 263 g/mol. The second-order valence-electron chi connectivity index (χ2n) is 5.09. The maximum Gasteiger partial charge on any atom is 0.0765 e. The molecule has 2 heteroatoms. The van der Waals surface area contributed by atoms with Crippen LogP contribution in [0, 0.1) is 0 Å². The zero-order valence-corrected chi connectivity index (χ0v) is 12.9. The van der Waals surface area contributed by atoms with Gasteiger partial charge in [-0.15, -0.1) is 0 Å². The van der Waals surface area contributed by atoms with E-state index in [4.69, 9.17) is 4.74 Å². The molecule has 0 heterocycles. The number of benzene rings is 1. The Hall–Kier alpha value is -0.860. The number of ether oxygens (including phenoxy) is 1. The third kappa shape index (κ3) is 4.96. The number of methoxy groups -OCH3 is 1. The molecule has 0 saturated carbocycles. The lowest BCUT2D eigenvalue weighted by atomic mass is 9.96. The average Bonchev–Trinajstić information content (AvgIpc) is 2.47. The van der Waals surface area contributed by atoms with Crippen molar-refractivity contribution < 1.29 is 4.74 Å². The molecule has 1 aromatic rings. The van der Waals surface area contributed by atoms with Crippen LogP contribution in [-0.2, 0) is 11.2 Å². The van der Waals surface area contributed by atoms with Crippen molar-refractivity contribution in [2.75, 3.05) is 13.7 Å². The first-order chi connectivity index (χ1) is 9.26. The van der Waals surface area contributed by atoms with E-state index in [2.05, 4.69) is 50.4 Å². The number of nitrogens with one attached hydrogen (secondary N) is 1. The number of rotatable bonds is 9. The lowest BCUT2D eigenvalue weighted by Crippen LogP contribution is -2.33. The fraction of sp³-hybridized carbons (Fsp3) is 0.647. The molecule has 0 aliphatic rings. The highest BCUT2D eigenvalue weighted by Gasteiger charge is 2.21. The predicted octanol–water partition coefficient (Wildman–Crippen LogP) is 4.10. The SMILES string of the molecule is CCCNC(c1ccc(CC)cc1)C(CCC)OC. The number of aryl methyl sites for hydroxylation is 1. The quantitative estimate of drug-likeness (QED) is 0.724. The van der Waals surface area contributed by atoms with Gasteiger partial charge in [0.15, 0.2) is 0 Å². The molecule has 0 bridgehead atoms. The smallest absolute Gasteiger partial charge is 0.0765 e. The molecule has 0 fully saturated rings. The molecule has 0 radical (unpaired) electrons. The second kappa shape index (κ2) is 9.11. The summed E-state index contributed by atoms with van der Waals surface area (Å²) in [5.74, 6) is 0. The molecule has 0 amide bonds. The Bertz CT molecular complexity index is 334. The van der Waals surface area contributed by atoms with Crippen molar-refractivity contribution in [3.8, 4) is 0 Å². The highest BCUT2D eigenvalue weighted by molar-refractivity contribution is 5.26. The van der Waals surface area contributed by atoms with Gasteiger partial charge in [-0.1, -0.05) is 51.5 Å². The van der Waals surface area contributed by atoms with Gasteiger partial charge in [-0.25, -0.2) is 0 Å². The zero-order chi connectivity index (χ0) is 14.1. The molecule has 1 aromatic carbocycles. The van der Waals surface area contributed by atoms with Crippen LogP contribution in [0.15, 0.2) is 24.3 Å². The van der Waals surface area contributed by atoms with Crippen LogP contribution >= 0.6 is 0 Å². The summed E-state index contributed by atoms with van der Waals surface area (Å²) in [7, 11) is 1.82. The molecule has 0 saturated heterocycles. The first-order valence-corrected chi connectivity index (χ1v) is 7.61. The van der Waals surface area contributed by atoms with E-state index in [1.54, 1.807) is 0 Å². The third-order valence-corrected chi connectivity index (χ3v) is 3.61. The van der Waals surface area contributed by atoms with Crippen molar-refractivity contribution in [1.82, 2.24) is 5.32 Å². The fourth-order valence-electron chi connectivity index (χ4n) is 2.43. The summed E-state index contributed by atoms with van der Waals surface area (Å²) in [6.45, 7) is 7.63. The van der Waals surface area contributed by atoms with Crippen LogP contribution in [0.3, 0.4) is 0 Å². The van der Waals surface area contributed by atoms with Gasteiger partial charge in [0.2, 0.25) is 0 Å². The Morgan fingerprint density at radius 2 is 1.74 bits per heavy atom. The monoisotopic (exact) mass is 263 g/mol. The van der Waals surface area contributed by atoms with Gasteiger partial charge in [-0.3, -0.25) is 0 Å². The summed E-state index contributed by atoms with van der Waals surface area (Å²) in [6, 6.07) is 9.25. The molecule has 108 valence electrons. The lowest BCUT2D eigenvalue weighted by Gasteiger charge is -2.27. The minimum absolute atomic E-state index is 0.254. The van der Waals surface area contributed by atoms with Gasteiger partial charge < -0.3 is 10.1 Å². The van der Waals surface area contributed by atoms with Crippen LogP contribution in [0.4, 0.5) is 0 Å². The van der Waals surface area contributed by atoms with E-state index in [1.165, 1.54) is 11.1 Å². The van der Waals surface area contributed by atoms with Crippen molar-refractivity contribution >= 4 is 0 Å². The summed E-state index contributed by atoms with van der Waals surface area (Å²) in [5, 5.41) is 3.63. The first kappa shape index (κ1) is 16.2. The van der Waals surface area contributed by atoms with E-state index in [9.17, 15) is 0 Å². The maximum absolute atomic E-state index is 5.70. The Kier molecular flexibility index (Phi) is 7.76. The van der Waals surface area contributed by atoms with Crippen LogP contribution in [0.1, 0.15) is 57.2 Å². The third-order valence-electron chi connectivity index (χ3n) is 3.61. The second-order valence-corrected chi connectivity index (χ2v) is 5.09. The van der Waals surface area contributed by atoms with Gasteiger partial charge in [0.05, 0.1) is 12.1 Å². The fourth-order valence-corrected chi connectivity index (χ4v) is 2.43. The summed E-state index contributed by atoms with van der Waals surface area (Å²) in [4.78, 5) is 0. The molecule has 0 aliphatic heterocycles. The Morgan fingerprint density at radius 1 is 1.05 bits per heavy atom. The lowest BCUT2D eigenvalue weighted by molar-refractivity contribution is 0.0606. The standard InChI is InChI=1S/C17H29NO/c1-5-8-16(19-4)17(18-13-6-2)15-11-9-14(7-3)10-12-15/h9-12,16-18H,5-8,13H2,1-4H3. The number of hydrogen-bond donors (Lipinski definition) is 1. The van der Waals surface area contributed by atoms with Gasteiger partial charge in [0.25, 0.3) is 0 Å². The highest BCUT2D eigenvalue weighted by atomic mass is 16.5. The van der Waals surface area contributed by atoms with Gasteiger partial charge >= 0.3 is 0 Å². The molecule has 1 N–H and O–H groups in total. The minimum atomic E-state index is 0.254. The van der Waals surface area contributed by atoms with E-state index >= 15 is 0 Å². The van der Waals surface area contributed by atoms with Gasteiger partial charge in [0, 0.05) is 7.11 Å². The molecule has 2 atom stereocenters. The molecule has 0 aromatic heterocycles. The minimum Gasteiger partial charge on any atom is -0.379 e. The summed E-state index contributed by atoms with van der Waals surface area (Å²) in [5.41, 5.74) is 2.73. The summed E-state index contributed by atoms with van der Waals surface area (Å²) in [6.07, 6.45) is 4.73. The van der Waals surface area contributed by atoms with Crippen molar-refractivity contribution in [2.24, 2.45) is 0 Å². The van der Waals surface area contributed by atoms with Crippen LogP contribution < -0.4 is 5.32 Å². The van der Waals surface area contributed by atoms with E-state index in [0.717, 1.165) is 32.2 Å². The predicted molar refractivity (Wildman–Crippen MR) is 82.6 cm³/mol. The van der Waals surface area contributed by atoms with Crippen molar-refractivity contribution in [3.05, 3.63) is 35.4 Å². The van der Waals surface area contributed by atoms with Gasteiger partial charge in [-0.05, 0) is 36.9 Å². The summed E-state index contributed by atoms with van der Waals surface area (Å²) < 4.78 is 5.70. The van der Waals surface area contributed by atoms with Crippen molar-refractivity contribution in [2.45, 2.75) is 58.6 Å². The Balaban J connectivity index is 2.86. The van der Waals surface area contributed by atoms with Crippen molar-refractivity contribution in [3.63, 3.8) is 0 Å². The topological polar surface area (TPSA) is 21.3 Å². The Labute approximate surface area is 118 Å². The molecule has 19 heavy (non-hydrogen) atoms. The van der Waals surface area contributed by atoms with E-state index in [1.807, 2.05) is 7.11 Å². The van der Waals surface area contributed by atoms with Crippen LogP contribution in [-0.4, -0.2) is 19.8 Å². The maximum atomic E-state index is 5.70. The molecule has 0 aliphatic carbocycles. The van der Waals surface area contributed by atoms with E-state index < -0.39 is 0 Å². The highest BCUT2D eigenvalue weighted by Crippen LogP contribution is 2.23. The zero-order valence-electron chi connectivity index (χ0n) is 12.9. The molecular weight excluding hydrogens is 234 g/mol. The largest absolute Gasteiger partial charge is 0.379 e. The molecular formula is C17H29NO. The Morgan fingerprint density at radius 3 is 2.21 bits per heavy atom. The normalized spacial score (nSPS) is 14.3. The van der Waals surface area contributed by atoms with E-state index in [0.29, 0.717) is 6.04 Å². The van der Waals surface area contributed by atoms with Crippen molar-refractivity contribution in [1.29, 1.82) is 0 Å². The molecule has 2 unspecified atom stereocenters. The molecule has 0 spiro atoms. The summed E-state index contributed by atoms with van der Waals surface area (Å²) >= 11 is 0. The van der Waals surface area contributed by atoms with Crippen LogP contribution in [0.5, 0.6) is 0 Å². The number of hydrogen-bond acceptors (Lipinski definition) is 2. The van der Waals surface area contributed by atoms with Crippen LogP contribution in [0.25, 0.3) is 0 Å².